The van der Waals surface area contributed by atoms with Crippen LogP contribution in [0, 0.1) is 40.4 Å². The molecule has 0 saturated heterocycles. The lowest BCUT2D eigenvalue weighted by Crippen LogP contribution is -2.46. The minimum atomic E-state index is 0.112. The smallest absolute Gasteiger partial charge is 0.0499 e. The maximum absolute atomic E-state index is 9.04. The molecule has 6 heteroatoms. The Balaban J connectivity index is 2.95. The predicted molar refractivity (Wildman–Crippen MR) is 136 cm³/mol. The van der Waals surface area contributed by atoms with Crippen LogP contribution in [0.1, 0.15) is 54.4 Å². The number of nitrogens with one attached hydrogen (secondary N) is 2. The van der Waals surface area contributed by atoms with Gasteiger partial charge in [-0.15, -0.1) is 0 Å². The second kappa shape index (κ2) is 14.3. The van der Waals surface area contributed by atoms with Crippen molar-refractivity contribution in [3.05, 3.63) is 11.8 Å². The van der Waals surface area contributed by atoms with Crippen molar-refractivity contribution in [2.24, 2.45) is 40.7 Å². The van der Waals surface area contributed by atoms with Crippen LogP contribution in [0.25, 0.3) is 0 Å². The molecular weight excluding hydrogens is 400 g/mol. The van der Waals surface area contributed by atoms with Crippen LogP contribution in [0.3, 0.4) is 0 Å². The molecule has 188 valence electrons. The summed E-state index contributed by atoms with van der Waals surface area (Å²) < 4.78 is 12.2. The highest BCUT2D eigenvalue weighted by molar-refractivity contribution is 5.99. The molecule has 1 saturated carbocycles. The summed E-state index contributed by atoms with van der Waals surface area (Å²) in [5.41, 5.74) is 7.76. The van der Waals surface area contributed by atoms with Crippen LogP contribution >= 0.6 is 0 Å². The van der Waals surface area contributed by atoms with E-state index in [0.717, 1.165) is 57.9 Å². The third-order valence-corrected chi connectivity index (χ3v) is 6.92. The first kappa shape index (κ1) is 29.1. The highest BCUT2D eigenvalue weighted by Gasteiger charge is 2.45. The van der Waals surface area contributed by atoms with E-state index in [1.807, 2.05) is 7.05 Å². The summed E-state index contributed by atoms with van der Waals surface area (Å²) in [5.74, 6) is 2.04. The Kier molecular flexibility index (Phi) is 13.0. The summed E-state index contributed by atoms with van der Waals surface area (Å²) in [6.45, 7) is 19.1. The second-order valence-electron chi connectivity index (χ2n) is 11.2. The van der Waals surface area contributed by atoms with Crippen LogP contribution in [0.5, 0.6) is 0 Å². The number of rotatable bonds is 15. The number of nitrogens with zero attached hydrogens (tertiary/aromatic N) is 1. The predicted octanol–water partition coefficient (Wildman–Crippen LogP) is 4.01. The van der Waals surface area contributed by atoms with Crippen molar-refractivity contribution in [2.75, 3.05) is 60.2 Å². The fourth-order valence-corrected chi connectivity index (χ4v) is 4.58. The minimum absolute atomic E-state index is 0.112. The molecule has 0 aromatic heterocycles. The van der Waals surface area contributed by atoms with Gasteiger partial charge in [0, 0.05) is 69.5 Å². The largest absolute Gasteiger partial charge is 0.404 e. The molecule has 32 heavy (non-hydrogen) atoms. The Hall–Kier alpha value is -0.950. The highest BCUT2D eigenvalue weighted by atomic mass is 16.5. The Morgan fingerprint density at radius 1 is 1.09 bits per heavy atom. The summed E-state index contributed by atoms with van der Waals surface area (Å²) in [7, 11) is 4.05. The van der Waals surface area contributed by atoms with Gasteiger partial charge in [0.15, 0.2) is 0 Å². The van der Waals surface area contributed by atoms with E-state index >= 15 is 0 Å². The van der Waals surface area contributed by atoms with E-state index < -0.39 is 0 Å². The summed E-state index contributed by atoms with van der Waals surface area (Å²) in [5, 5.41) is 12.2. The zero-order valence-corrected chi connectivity index (χ0v) is 22.2. The lowest BCUT2D eigenvalue weighted by Gasteiger charge is -2.48. The molecule has 6 nitrogen and oxygen atoms in total. The van der Waals surface area contributed by atoms with E-state index in [9.17, 15) is 0 Å². The van der Waals surface area contributed by atoms with E-state index in [-0.39, 0.29) is 11.3 Å². The Morgan fingerprint density at radius 3 is 2.00 bits per heavy atom. The van der Waals surface area contributed by atoms with E-state index in [4.69, 9.17) is 20.6 Å². The Morgan fingerprint density at radius 2 is 1.59 bits per heavy atom. The molecule has 0 radical (unpaired) electrons. The van der Waals surface area contributed by atoms with Gasteiger partial charge in [-0.05, 0) is 56.0 Å². The van der Waals surface area contributed by atoms with E-state index in [1.165, 1.54) is 0 Å². The molecule has 2 unspecified atom stereocenters. The van der Waals surface area contributed by atoms with Crippen molar-refractivity contribution in [1.29, 1.82) is 5.41 Å². The number of hydrogen-bond donors (Lipinski definition) is 3. The van der Waals surface area contributed by atoms with Crippen molar-refractivity contribution in [3.63, 3.8) is 0 Å². The molecule has 0 amide bonds. The van der Waals surface area contributed by atoms with Crippen molar-refractivity contribution < 1.29 is 9.47 Å². The fraction of sp³-hybridized carbons (Fsp3) is 0.885. The highest BCUT2D eigenvalue weighted by Crippen LogP contribution is 2.48. The van der Waals surface area contributed by atoms with Gasteiger partial charge >= 0.3 is 0 Å². The van der Waals surface area contributed by atoms with E-state index in [2.05, 4.69) is 58.8 Å². The van der Waals surface area contributed by atoms with Crippen LogP contribution < -0.4 is 11.1 Å². The number of likely N-dealkylation sites (N-methyl/N-ethyl adjacent to an activating group) is 2. The van der Waals surface area contributed by atoms with Crippen molar-refractivity contribution in [1.82, 2.24) is 10.2 Å². The van der Waals surface area contributed by atoms with E-state index in [0.29, 0.717) is 35.9 Å². The summed E-state index contributed by atoms with van der Waals surface area (Å²) in [4.78, 5) is 2.23. The molecule has 0 heterocycles. The minimum Gasteiger partial charge on any atom is -0.404 e. The van der Waals surface area contributed by atoms with Crippen LogP contribution in [0.2, 0.25) is 0 Å². The Bertz CT molecular complexity index is 548. The van der Waals surface area contributed by atoms with Crippen LogP contribution in [-0.4, -0.2) is 70.8 Å². The molecule has 0 bridgehead atoms. The molecule has 0 aromatic rings. The first-order chi connectivity index (χ1) is 15.0. The quantitative estimate of drug-likeness (QED) is 0.327. The van der Waals surface area contributed by atoms with Gasteiger partial charge in [-0.1, -0.05) is 41.5 Å². The molecule has 0 aromatic carbocycles. The normalized spacial score (nSPS) is 24.0. The molecule has 1 rings (SSSR count). The van der Waals surface area contributed by atoms with Gasteiger partial charge in [0.25, 0.3) is 0 Å². The average molecular weight is 453 g/mol. The third kappa shape index (κ3) is 9.50. The number of nitrogens with two attached hydrogens (primary N) is 1. The first-order valence-corrected chi connectivity index (χ1v) is 12.5. The SMILES string of the molecule is CNCCN(C)C/C(=C/N)C(=N)C1CC(COCC(C)C)C(C)(C)C(COCC(C)C)C1. The summed E-state index contributed by atoms with van der Waals surface area (Å²) >= 11 is 0. The van der Waals surface area contributed by atoms with Gasteiger partial charge in [-0.2, -0.15) is 0 Å². The topological polar surface area (TPSA) is 83.6 Å². The Labute approximate surface area is 198 Å². The summed E-state index contributed by atoms with van der Waals surface area (Å²) in [6, 6.07) is 0. The molecule has 1 aliphatic rings. The summed E-state index contributed by atoms with van der Waals surface area (Å²) in [6.07, 6.45) is 3.59. The molecule has 0 spiro atoms. The zero-order valence-electron chi connectivity index (χ0n) is 22.2. The van der Waals surface area contributed by atoms with Gasteiger partial charge in [-0.25, -0.2) is 0 Å². The molecule has 1 fully saturated rings. The van der Waals surface area contributed by atoms with Crippen molar-refractivity contribution in [2.45, 2.75) is 54.4 Å². The van der Waals surface area contributed by atoms with Crippen LogP contribution in [0.15, 0.2) is 11.8 Å². The van der Waals surface area contributed by atoms with Gasteiger partial charge < -0.3 is 30.8 Å². The van der Waals surface area contributed by atoms with Gasteiger partial charge in [0.2, 0.25) is 0 Å². The molecule has 2 atom stereocenters. The lowest BCUT2D eigenvalue weighted by atomic mass is 9.58. The second-order valence-corrected chi connectivity index (χ2v) is 11.2. The van der Waals surface area contributed by atoms with Gasteiger partial charge in [-0.3, -0.25) is 0 Å². The number of ether oxygens (including phenoxy) is 2. The van der Waals surface area contributed by atoms with E-state index in [1.54, 1.807) is 6.20 Å². The van der Waals surface area contributed by atoms with Crippen LogP contribution in [-0.2, 0) is 9.47 Å². The molecule has 4 N–H and O–H groups in total. The molecule has 1 aliphatic carbocycles. The lowest BCUT2D eigenvalue weighted by molar-refractivity contribution is -0.0577. The van der Waals surface area contributed by atoms with Crippen molar-refractivity contribution in [3.8, 4) is 0 Å². The zero-order chi connectivity index (χ0) is 24.3. The standard InChI is InChI=1S/C26H52N4O2/c1-19(2)15-31-17-23-11-21(12-24(26(23,5)6)18-32-16-20(3)4)25(28)22(13-27)14-30(8)10-9-29-7/h13,19-21,23-24,28-29H,9-12,14-18,27H2,1-8H3/b22-13-,28-25?. The maximum Gasteiger partial charge on any atom is 0.0499 e. The van der Waals surface area contributed by atoms with Gasteiger partial charge in [0.05, 0.1) is 0 Å². The molecule has 0 aliphatic heterocycles. The molecular formula is C26H52N4O2. The monoisotopic (exact) mass is 452 g/mol. The van der Waals surface area contributed by atoms with Crippen LogP contribution in [0.4, 0.5) is 0 Å². The average Bonchev–Trinajstić information content (AvgIpc) is 2.71. The maximum atomic E-state index is 9.04. The third-order valence-electron chi connectivity index (χ3n) is 6.92. The number of hydrogen-bond acceptors (Lipinski definition) is 6. The van der Waals surface area contributed by atoms with Crippen molar-refractivity contribution >= 4 is 5.71 Å². The fourth-order valence-electron chi connectivity index (χ4n) is 4.58. The van der Waals surface area contributed by atoms with Gasteiger partial charge in [0.1, 0.15) is 0 Å². The first-order valence-electron chi connectivity index (χ1n) is 12.5.